The SMILES string of the molecule is CC(C)(C=O)COc1ncc(-c2ccc(Nc3nc4cccnc4s3)cc2)cn1. The summed E-state index contributed by atoms with van der Waals surface area (Å²) in [5, 5.41) is 4.11. The van der Waals surface area contributed by atoms with Gasteiger partial charge in [0, 0.05) is 29.8 Å². The maximum atomic E-state index is 10.9. The van der Waals surface area contributed by atoms with Crippen LogP contribution < -0.4 is 10.1 Å². The first-order chi connectivity index (χ1) is 14.0. The highest BCUT2D eigenvalue weighted by Gasteiger charge is 2.18. The Morgan fingerprint density at radius 2 is 1.83 bits per heavy atom. The molecule has 1 N–H and O–H groups in total. The summed E-state index contributed by atoms with van der Waals surface area (Å²) in [4.78, 5) is 29.1. The highest BCUT2D eigenvalue weighted by atomic mass is 32.1. The molecule has 0 amide bonds. The van der Waals surface area contributed by atoms with Crippen molar-refractivity contribution in [3.63, 3.8) is 0 Å². The van der Waals surface area contributed by atoms with E-state index in [0.29, 0.717) is 0 Å². The van der Waals surface area contributed by atoms with Crippen LogP contribution in [-0.2, 0) is 4.79 Å². The smallest absolute Gasteiger partial charge is 0.316 e. The number of pyridine rings is 1. The van der Waals surface area contributed by atoms with E-state index in [9.17, 15) is 4.79 Å². The van der Waals surface area contributed by atoms with Gasteiger partial charge in [-0.15, -0.1) is 0 Å². The Morgan fingerprint density at radius 3 is 2.52 bits per heavy atom. The average molecular weight is 405 g/mol. The summed E-state index contributed by atoms with van der Waals surface area (Å²) in [5.41, 5.74) is 3.12. The van der Waals surface area contributed by atoms with E-state index in [2.05, 4.69) is 25.3 Å². The fourth-order valence-corrected chi connectivity index (χ4v) is 3.35. The Kier molecular flexibility index (Phi) is 5.18. The molecule has 0 saturated carbocycles. The number of thiazole rings is 1. The lowest BCUT2D eigenvalue weighted by atomic mass is 9.98. The van der Waals surface area contributed by atoms with Gasteiger partial charge in [-0.3, -0.25) is 0 Å². The van der Waals surface area contributed by atoms with Gasteiger partial charge in [-0.05, 0) is 43.7 Å². The second-order valence-corrected chi connectivity index (χ2v) is 8.18. The number of nitrogens with one attached hydrogen (secondary N) is 1. The highest BCUT2D eigenvalue weighted by molar-refractivity contribution is 7.21. The molecular formula is C21H19N5O2S. The number of anilines is 2. The second kappa shape index (κ2) is 7.92. The maximum Gasteiger partial charge on any atom is 0.316 e. The monoisotopic (exact) mass is 405 g/mol. The topological polar surface area (TPSA) is 89.9 Å². The molecule has 1 aromatic carbocycles. The molecule has 7 nitrogen and oxygen atoms in total. The Hall–Kier alpha value is -3.39. The molecule has 29 heavy (non-hydrogen) atoms. The van der Waals surface area contributed by atoms with Crippen LogP contribution in [0, 0.1) is 5.41 Å². The summed E-state index contributed by atoms with van der Waals surface area (Å²) in [5.74, 6) is 0. The van der Waals surface area contributed by atoms with Crippen LogP contribution in [0.3, 0.4) is 0 Å². The van der Waals surface area contributed by atoms with Crippen molar-refractivity contribution in [1.82, 2.24) is 19.9 Å². The number of fused-ring (bicyclic) bond motifs is 1. The summed E-state index contributed by atoms with van der Waals surface area (Å²) >= 11 is 1.51. The van der Waals surface area contributed by atoms with Gasteiger partial charge in [0.2, 0.25) is 0 Å². The second-order valence-electron chi connectivity index (χ2n) is 7.20. The van der Waals surface area contributed by atoms with Crippen LogP contribution in [-0.4, -0.2) is 32.8 Å². The summed E-state index contributed by atoms with van der Waals surface area (Å²) in [6.45, 7) is 3.83. The van der Waals surface area contributed by atoms with Crippen molar-refractivity contribution < 1.29 is 9.53 Å². The molecule has 0 fully saturated rings. The van der Waals surface area contributed by atoms with Crippen LogP contribution in [0.1, 0.15) is 13.8 Å². The van der Waals surface area contributed by atoms with Gasteiger partial charge in [0.25, 0.3) is 0 Å². The molecule has 3 heterocycles. The lowest BCUT2D eigenvalue weighted by Gasteiger charge is -2.16. The fourth-order valence-electron chi connectivity index (χ4n) is 2.52. The molecule has 4 rings (SSSR count). The van der Waals surface area contributed by atoms with Gasteiger partial charge in [0.15, 0.2) is 5.13 Å². The van der Waals surface area contributed by atoms with Gasteiger partial charge in [-0.1, -0.05) is 23.5 Å². The van der Waals surface area contributed by atoms with Crippen LogP contribution in [0.5, 0.6) is 6.01 Å². The van der Waals surface area contributed by atoms with Crippen LogP contribution in [0.4, 0.5) is 10.8 Å². The lowest BCUT2D eigenvalue weighted by molar-refractivity contribution is -0.116. The van der Waals surface area contributed by atoms with E-state index in [4.69, 9.17) is 4.74 Å². The third-order valence-electron chi connectivity index (χ3n) is 4.16. The molecule has 0 saturated heterocycles. The molecule has 0 aliphatic heterocycles. The summed E-state index contributed by atoms with van der Waals surface area (Å²) in [7, 11) is 0. The minimum Gasteiger partial charge on any atom is -0.462 e. The first kappa shape index (κ1) is 18.9. The van der Waals surface area contributed by atoms with Gasteiger partial charge in [0.1, 0.15) is 23.2 Å². The average Bonchev–Trinajstić information content (AvgIpc) is 3.16. The van der Waals surface area contributed by atoms with E-state index in [-0.39, 0.29) is 12.6 Å². The van der Waals surface area contributed by atoms with Crippen LogP contribution in [0.2, 0.25) is 0 Å². The van der Waals surface area contributed by atoms with Gasteiger partial charge < -0.3 is 14.8 Å². The third-order valence-corrected chi connectivity index (χ3v) is 5.05. The number of rotatable bonds is 7. The van der Waals surface area contributed by atoms with E-state index in [1.165, 1.54) is 11.3 Å². The van der Waals surface area contributed by atoms with Crippen molar-refractivity contribution in [2.45, 2.75) is 13.8 Å². The number of ether oxygens (including phenoxy) is 1. The van der Waals surface area contributed by atoms with Gasteiger partial charge in [-0.25, -0.2) is 19.9 Å². The van der Waals surface area contributed by atoms with Crippen molar-refractivity contribution in [1.29, 1.82) is 0 Å². The predicted molar refractivity (Wildman–Crippen MR) is 114 cm³/mol. The Balaban J connectivity index is 1.42. The molecule has 3 aromatic heterocycles. The molecule has 0 aliphatic carbocycles. The number of hydrogen-bond donors (Lipinski definition) is 1. The maximum absolute atomic E-state index is 10.9. The van der Waals surface area contributed by atoms with Crippen molar-refractivity contribution >= 4 is 38.8 Å². The third kappa shape index (κ3) is 4.55. The number of carbonyl (C=O) groups is 1. The van der Waals surface area contributed by atoms with Crippen LogP contribution in [0.15, 0.2) is 55.0 Å². The van der Waals surface area contributed by atoms with Crippen molar-refractivity contribution in [3.8, 4) is 17.1 Å². The molecule has 4 aromatic rings. The number of nitrogens with zero attached hydrogens (tertiary/aromatic N) is 4. The van der Waals surface area contributed by atoms with Gasteiger partial charge >= 0.3 is 6.01 Å². The van der Waals surface area contributed by atoms with Crippen molar-refractivity contribution in [2.75, 3.05) is 11.9 Å². The first-order valence-corrected chi connectivity index (χ1v) is 9.84. The van der Waals surface area contributed by atoms with E-state index in [1.54, 1.807) is 32.4 Å². The number of carbonyl (C=O) groups excluding carboxylic acids is 1. The number of aromatic nitrogens is 4. The normalized spacial score (nSPS) is 11.4. The minimum atomic E-state index is -0.565. The molecule has 0 bridgehead atoms. The van der Waals surface area contributed by atoms with Gasteiger partial charge in [0.05, 0.1) is 5.41 Å². The zero-order chi connectivity index (χ0) is 20.3. The van der Waals surface area contributed by atoms with Crippen molar-refractivity contribution in [3.05, 3.63) is 55.0 Å². The van der Waals surface area contributed by atoms with E-state index >= 15 is 0 Å². The number of hydrogen-bond acceptors (Lipinski definition) is 8. The molecule has 8 heteroatoms. The highest BCUT2D eigenvalue weighted by Crippen LogP contribution is 2.28. The molecule has 0 unspecified atom stereocenters. The summed E-state index contributed by atoms with van der Waals surface area (Å²) < 4.78 is 5.49. The van der Waals surface area contributed by atoms with Crippen LogP contribution >= 0.6 is 11.3 Å². The molecule has 0 radical (unpaired) electrons. The standard InChI is InChI=1S/C21H19N5O2S/c1-21(2,12-27)13-28-19-23-10-15(11-24-19)14-5-7-16(8-6-14)25-20-26-17-4-3-9-22-18(17)29-20/h3-12H,13H2,1-2H3,(H,25,26). The van der Waals surface area contributed by atoms with Crippen molar-refractivity contribution in [2.24, 2.45) is 5.41 Å². The minimum absolute atomic E-state index is 0.234. The molecule has 0 spiro atoms. The Labute approximate surface area is 171 Å². The largest absolute Gasteiger partial charge is 0.462 e. The number of aldehydes is 1. The van der Waals surface area contributed by atoms with E-state index < -0.39 is 5.41 Å². The lowest BCUT2D eigenvalue weighted by Crippen LogP contribution is -2.23. The first-order valence-electron chi connectivity index (χ1n) is 9.03. The summed E-state index contributed by atoms with van der Waals surface area (Å²) in [6, 6.07) is 12.0. The predicted octanol–water partition coefficient (Wildman–Crippen LogP) is 4.50. The zero-order valence-electron chi connectivity index (χ0n) is 16.0. The zero-order valence-corrected chi connectivity index (χ0v) is 16.8. The quantitative estimate of drug-likeness (QED) is 0.453. The molecule has 0 atom stereocenters. The van der Waals surface area contributed by atoms with E-state index in [0.717, 1.165) is 38.6 Å². The number of benzene rings is 1. The Bertz CT molecular complexity index is 1090. The van der Waals surface area contributed by atoms with E-state index in [1.807, 2.05) is 36.4 Å². The summed E-state index contributed by atoms with van der Waals surface area (Å²) in [6.07, 6.45) is 6.04. The Morgan fingerprint density at radius 1 is 1.07 bits per heavy atom. The fraction of sp³-hybridized carbons (Fsp3) is 0.190. The molecular weight excluding hydrogens is 386 g/mol. The van der Waals surface area contributed by atoms with Gasteiger partial charge in [-0.2, -0.15) is 0 Å². The molecule has 146 valence electrons. The van der Waals surface area contributed by atoms with Crippen LogP contribution in [0.25, 0.3) is 21.5 Å². The molecule has 0 aliphatic rings.